The fourth-order valence-corrected chi connectivity index (χ4v) is 3.43. The number of hydrogen-bond donors (Lipinski definition) is 1. The lowest BCUT2D eigenvalue weighted by Crippen LogP contribution is -2.29. The molecule has 8 heteroatoms. The molecule has 0 radical (unpaired) electrons. The van der Waals surface area contributed by atoms with Crippen LogP contribution in [0.3, 0.4) is 0 Å². The van der Waals surface area contributed by atoms with Gasteiger partial charge in [0.1, 0.15) is 12.2 Å². The molecule has 0 bridgehead atoms. The Labute approximate surface area is 147 Å². The van der Waals surface area contributed by atoms with Crippen molar-refractivity contribution in [2.75, 3.05) is 5.32 Å². The summed E-state index contributed by atoms with van der Waals surface area (Å²) in [5.41, 5.74) is 1.65. The topological polar surface area (TPSA) is 86.0 Å². The predicted molar refractivity (Wildman–Crippen MR) is 97.2 cm³/mol. The summed E-state index contributed by atoms with van der Waals surface area (Å²) >= 11 is 1.18. The van der Waals surface area contributed by atoms with Crippen LogP contribution in [-0.4, -0.2) is 25.8 Å². The Balaban J connectivity index is 1.87. The Morgan fingerprint density at radius 3 is 2.48 bits per heavy atom. The van der Waals surface area contributed by atoms with Gasteiger partial charge >= 0.3 is 5.69 Å². The predicted octanol–water partition coefficient (Wildman–Crippen LogP) is 2.51. The maximum atomic E-state index is 12.6. The highest BCUT2D eigenvalue weighted by atomic mass is 32.1. The van der Waals surface area contributed by atoms with Gasteiger partial charge in [-0.05, 0) is 18.6 Å². The molecule has 0 aliphatic carbocycles. The van der Waals surface area contributed by atoms with Gasteiger partial charge < -0.3 is 5.32 Å². The summed E-state index contributed by atoms with van der Waals surface area (Å²) in [6.07, 6.45) is 0.826. The molecule has 1 aromatic carbocycles. The first-order chi connectivity index (χ1) is 12.0. The Bertz CT molecular complexity index is 999. The SMILES string of the molecule is CCCn1c(=O)n(CC(=O)Nc2nc(C(C)=O)cs2)c2ccccc21. The van der Waals surface area contributed by atoms with Gasteiger partial charge in [0.05, 0.1) is 11.0 Å². The highest BCUT2D eigenvalue weighted by Crippen LogP contribution is 2.17. The van der Waals surface area contributed by atoms with Crippen LogP contribution in [0.5, 0.6) is 0 Å². The third-order valence-electron chi connectivity index (χ3n) is 3.79. The molecular weight excluding hydrogens is 340 g/mol. The van der Waals surface area contributed by atoms with Gasteiger partial charge in [0, 0.05) is 18.8 Å². The van der Waals surface area contributed by atoms with E-state index >= 15 is 0 Å². The molecule has 0 aliphatic rings. The standard InChI is InChI=1S/C17H18N4O3S/c1-3-8-20-13-6-4-5-7-14(13)21(17(20)24)9-15(23)19-16-18-12(10-25-16)11(2)22/h4-7,10H,3,8-9H2,1-2H3,(H,18,19,23). The van der Waals surface area contributed by atoms with Crippen LogP contribution in [0.2, 0.25) is 0 Å². The lowest BCUT2D eigenvalue weighted by molar-refractivity contribution is -0.116. The number of rotatable bonds is 6. The first-order valence-electron chi connectivity index (χ1n) is 7.95. The average Bonchev–Trinajstić information content (AvgIpc) is 3.14. The number of hydrogen-bond acceptors (Lipinski definition) is 5. The van der Waals surface area contributed by atoms with E-state index in [9.17, 15) is 14.4 Å². The highest BCUT2D eigenvalue weighted by molar-refractivity contribution is 7.14. The fraction of sp³-hybridized carbons (Fsp3) is 0.294. The monoisotopic (exact) mass is 358 g/mol. The number of nitrogens with one attached hydrogen (secondary N) is 1. The number of amides is 1. The first kappa shape index (κ1) is 17.1. The van der Waals surface area contributed by atoms with E-state index in [-0.39, 0.29) is 23.9 Å². The average molecular weight is 358 g/mol. The van der Waals surface area contributed by atoms with Gasteiger partial charge in [0.25, 0.3) is 0 Å². The number of carbonyl (C=O) groups is 2. The smallest absolute Gasteiger partial charge is 0.300 e. The number of aromatic nitrogens is 3. The van der Waals surface area contributed by atoms with Crippen molar-refractivity contribution in [3.05, 3.63) is 45.8 Å². The van der Waals surface area contributed by atoms with Crippen molar-refractivity contribution in [1.29, 1.82) is 0 Å². The molecule has 1 N–H and O–H groups in total. The van der Waals surface area contributed by atoms with Crippen LogP contribution in [0.1, 0.15) is 30.8 Å². The first-order valence-corrected chi connectivity index (χ1v) is 8.83. The van der Waals surface area contributed by atoms with Crippen LogP contribution in [0.4, 0.5) is 5.13 Å². The van der Waals surface area contributed by atoms with Gasteiger partial charge in [-0.1, -0.05) is 19.1 Å². The molecule has 25 heavy (non-hydrogen) atoms. The van der Waals surface area contributed by atoms with Crippen molar-refractivity contribution in [1.82, 2.24) is 14.1 Å². The minimum absolute atomic E-state index is 0.106. The molecular formula is C17H18N4O3S. The highest BCUT2D eigenvalue weighted by Gasteiger charge is 2.16. The summed E-state index contributed by atoms with van der Waals surface area (Å²) < 4.78 is 3.14. The van der Waals surface area contributed by atoms with Crippen LogP contribution in [0.25, 0.3) is 11.0 Å². The number of para-hydroxylation sites is 2. The number of thiazole rings is 1. The molecule has 3 aromatic rings. The molecule has 0 saturated carbocycles. The summed E-state index contributed by atoms with van der Waals surface area (Å²) in [7, 11) is 0. The van der Waals surface area contributed by atoms with Crippen LogP contribution in [0.15, 0.2) is 34.4 Å². The fourth-order valence-electron chi connectivity index (χ4n) is 2.66. The Hall–Kier alpha value is -2.74. The number of Topliss-reactive ketones (excluding diaryl/α,β-unsaturated/α-hetero) is 1. The van der Waals surface area contributed by atoms with Crippen molar-refractivity contribution < 1.29 is 9.59 Å². The Morgan fingerprint density at radius 2 is 1.88 bits per heavy atom. The zero-order valence-corrected chi connectivity index (χ0v) is 14.8. The third kappa shape index (κ3) is 3.39. The number of imidazole rings is 1. The van der Waals surface area contributed by atoms with E-state index in [1.165, 1.54) is 22.8 Å². The molecule has 1 amide bonds. The van der Waals surface area contributed by atoms with Crippen molar-refractivity contribution in [2.24, 2.45) is 0 Å². The molecule has 7 nitrogen and oxygen atoms in total. The second-order valence-corrected chi connectivity index (χ2v) is 6.51. The zero-order valence-electron chi connectivity index (χ0n) is 14.0. The number of aryl methyl sites for hydroxylation is 1. The summed E-state index contributed by atoms with van der Waals surface area (Å²) in [6.45, 7) is 3.91. The van der Waals surface area contributed by atoms with Crippen molar-refractivity contribution in [2.45, 2.75) is 33.4 Å². The minimum atomic E-state index is -0.356. The number of anilines is 1. The van der Waals surface area contributed by atoms with Crippen molar-refractivity contribution in [3.8, 4) is 0 Å². The largest absolute Gasteiger partial charge is 0.329 e. The second-order valence-electron chi connectivity index (χ2n) is 5.65. The van der Waals surface area contributed by atoms with E-state index in [4.69, 9.17) is 0 Å². The van der Waals surface area contributed by atoms with E-state index in [1.54, 1.807) is 9.95 Å². The van der Waals surface area contributed by atoms with Gasteiger partial charge in [-0.2, -0.15) is 0 Å². The summed E-state index contributed by atoms with van der Waals surface area (Å²) in [6, 6.07) is 7.41. The Kier molecular flexibility index (Phi) is 4.80. The molecule has 2 heterocycles. The number of ketones is 1. The molecule has 0 unspecified atom stereocenters. The van der Waals surface area contributed by atoms with E-state index in [1.807, 2.05) is 31.2 Å². The number of benzene rings is 1. The van der Waals surface area contributed by atoms with Crippen molar-refractivity contribution in [3.63, 3.8) is 0 Å². The number of nitrogens with zero attached hydrogens (tertiary/aromatic N) is 3. The Morgan fingerprint density at radius 1 is 1.20 bits per heavy atom. The summed E-state index contributed by atoms with van der Waals surface area (Å²) in [5, 5.41) is 4.59. The van der Waals surface area contributed by atoms with Crippen LogP contribution >= 0.6 is 11.3 Å². The summed E-state index contributed by atoms with van der Waals surface area (Å²) in [5.74, 6) is -0.512. The van der Waals surface area contributed by atoms with E-state index < -0.39 is 0 Å². The minimum Gasteiger partial charge on any atom is -0.300 e. The molecule has 3 rings (SSSR count). The molecule has 0 fully saturated rings. The van der Waals surface area contributed by atoms with E-state index in [0.717, 1.165) is 17.5 Å². The van der Waals surface area contributed by atoms with Crippen molar-refractivity contribution >= 4 is 39.2 Å². The number of carbonyl (C=O) groups excluding carboxylic acids is 2. The van der Waals surface area contributed by atoms with Crippen LogP contribution in [-0.2, 0) is 17.9 Å². The molecule has 0 spiro atoms. The van der Waals surface area contributed by atoms with Gasteiger partial charge in [-0.25, -0.2) is 9.78 Å². The molecule has 0 saturated heterocycles. The van der Waals surface area contributed by atoms with Gasteiger partial charge in [0.15, 0.2) is 10.9 Å². The van der Waals surface area contributed by atoms with Crippen LogP contribution in [0, 0.1) is 0 Å². The summed E-state index contributed by atoms with van der Waals surface area (Å²) in [4.78, 5) is 40.3. The van der Waals surface area contributed by atoms with Gasteiger partial charge in [-0.3, -0.25) is 18.7 Å². The maximum absolute atomic E-state index is 12.6. The van der Waals surface area contributed by atoms with Gasteiger partial charge in [0.2, 0.25) is 5.91 Å². The molecule has 2 aromatic heterocycles. The van der Waals surface area contributed by atoms with Gasteiger partial charge in [-0.15, -0.1) is 11.3 Å². The molecule has 130 valence electrons. The lowest BCUT2D eigenvalue weighted by Gasteiger charge is -2.03. The van der Waals surface area contributed by atoms with E-state index in [2.05, 4.69) is 10.3 Å². The second kappa shape index (κ2) is 7.02. The van der Waals surface area contributed by atoms with E-state index in [0.29, 0.717) is 17.4 Å². The molecule has 0 aliphatic heterocycles. The third-order valence-corrected chi connectivity index (χ3v) is 4.54. The normalized spacial score (nSPS) is 11.0. The van der Waals surface area contributed by atoms with Crippen LogP contribution < -0.4 is 11.0 Å². The lowest BCUT2D eigenvalue weighted by atomic mass is 10.3. The number of fused-ring (bicyclic) bond motifs is 1. The maximum Gasteiger partial charge on any atom is 0.329 e. The quantitative estimate of drug-likeness (QED) is 0.686. The zero-order chi connectivity index (χ0) is 18.0. The molecule has 0 atom stereocenters.